The van der Waals surface area contributed by atoms with Crippen molar-refractivity contribution < 1.29 is 4.79 Å². The van der Waals surface area contributed by atoms with Crippen molar-refractivity contribution in [1.82, 2.24) is 9.47 Å². The molecule has 1 aliphatic heterocycles. The molecule has 100 valence electrons. The van der Waals surface area contributed by atoms with Gasteiger partial charge >= 0.3 is 0 Å². The summed E-state index contributed by atoms with van der Waals surface area (Å²) in [6.07, 6.45) is 2.59. The smallest absolute Gasteiger partial charge is 0.164 e. The summed E-state index contributed by atoms with van der Waals surface area (Å²) >= 11 is 0. The van der Waals surface area contributed by atoms with Gasteiger partial charge in [-0.2, -0.15) is 0 Å². The first kappa shape index (κ1) is 12.4. The molecule has 1 aromatic carbocycles. The Labute approximate surface area is 113 Å². The van der Waals surface area contributed by atoms with Gasteiger partial charge < -0.3 is 4.57 Å². The fourth-order valence-electron chi connectivity index (χ4n) is 3.03. The minimum Gasteiger partial charge on any atom is -0.347 e. The van der Waals surface area contributed by atoms with E-state index >= 15 is 0 Å². The fraction of sp³-hybridized carbons (Fsp3) is 0.438. The number of hydrogen-bond donors (Lipinski definition) is 0. The number of fused-ring (bicyclic) bond motifs is 2. The van der Waals surface area contributed by atoms with Crippen molar-refractivity contribution in [3.8, 4) is 0 Å². The molecular formula is C16H20N2O. The van der Waals surface area contributed by atoms with Gasteiger partial charge in [-0.3, -0.25) is 9.69 Å². The number of Topliss-reactive ketones (excluding diaryl/α,β-unsaturated/α-hetero) is 1. The Bertz CT molecular complexity index is 654. The van der Waals surface area contributed by atoms with Gasteiger partial charge in [0.05, 0.1) is 0 Å². The molecule has 0 atom stereocenters. The number of nitrogens with zero attached hydrogens (tertiary/aromatic N) is 2. The standard InChI is InChI=1S/C16H20N2O/c1-4-16(19)14-10-18(5-2)15-7-12-9-17(3)8-11(12)6-13(14)15/h6-7,10H,4-5,8-9H2,1-3H3. The van der Waals surface area contributed by atoms with E-state index in [-0.39, 0.29) is 5.78 Å². The van der Waals surface area contributed by atoms with E-state index in [1.165, 1.54) is 16.6 Å². The van der Waals surface area contributed by atoms with Gasteiger partial charge in [0.2, 0.25) is 0 Å². The van der Waals surface area contributed by atoms with Crippen molar-refractivity contribution in [2.45, 2.75) is 39.9 Å². The molecule has 0 unspecified atom stereocenters. The van der Waals surface area contributed by atoms with Crippen LogP contribution in [0.15, 0.2) is 18.3 Å². The van der Waals surface area contributed by atoms with E-state index in [1.807, 2.05) is 13.1 Å². The third-order valence-electron chi connectivity index (χ3n) is 4.05. The lowest BCUT2D eigenvalue weighted by molar-refractivity contribution is 0.0989. The van der Waals surface area contributed by atoms with Gasteiger partial charge in [-0.25, -0.2) is 0 Å². The van der Waals surface area contributed by atoms with E-state index in [0.29, 0.717) is 6.42 Å². The molecule has 2 aromatic rings. The van der Waals surface area contributed by atoms with E-state index in [9.17, 15) is 4.79 Å². The molecule has 3 heteroatoms. The second-order valence-corrected chi connectivity index (χ2v) is 5.42. The minimum absolute atomic E-state index is 0.239. The van der Waals surface area contributed by atoms with Crippen molar-refractivity contribution >= 4 is 16.7 Å². The molecule has 0 aliphatic carbocycles. The molecule has 0 radical (unpaired) electrons. The van der Waals surface area contributed by atoms with Crippen molar-refractivity contribution in [3.05, 3.63) is 35.0 Å². The lowest BCUT2D eigenvalue weighted by Gasteiger charge is -2.03. The number of benzene rings is 1. The molecule has 1 aliphatic rings. The van der Waals surface area contributed by atoms with E-state index in [4.69, 9.17) is 0 Å². The second-order valence-electron chi connectivity index (χ2n) is 5.42. The number of ketones is 1. The first-order chi connectivity index (χ1) is 9.13. The van der Waals surface area contributed by atoms with E-state index in [0.717, 1.165) is 30.6 Å². The maximum Gasteiger partial charge on any atom is 0.164 e. The van der Waals surface area contributed by atoms with Gasteiger partial charge in [-0.05, 0) is 37.2 Å². The van der Waals surface area contributed by atoms with Crippen LogP contribution < -0.4 is 0 Å². The Balaban J connectivity index is 2.25. The van der Waals surface area contributed by atoms with Crippen LogP contribution in [0.5, 0.6) is 0 Å². The molecule has 3 rings (SSSR count). The van der Waals surface area contributed by atoms with Gasteiger partial charge in [0.25, 0.3) is 0 Å². The topological polar surface area (TPSA) is 25.2 Å². The van der Waals surface area contributed by atoms with Crippen LogP contribution in [0.2, 0.25) is 0 Å². The summed E-state index contributed by atoms with van der Waals surface area (Å²) in [5.74, 6) is 0.239. The maximum atomic E-state index is 12.1. The number of carbonyl (C=O) groups is 1. The zero-order valence-corrected chi connectivity index (χ0v) is 11.9. The Morgan fingerprint density at radius 1 is 1.21 bits per heavy atom. The van der Waals surface area contributed by atoms with E-state index in [1.54, 1.807) is 0 Å². The summed E-state index contributed by atoms with van der Waals surface area (Å²) in [4.78, 5) is 14.4. The van der Waals surface area contributed by atoms with Crippen LogP contribution in [0.4, 0.5) is 0 Å². The van der Waals surface area contributed by atoms with Gasteiger partial charge in [-0.15, -0.1) is 0 Å². The predicted molar refractivity (Wildman–Crippen MR) is 77.4 cm³/mol. The van der Waals surface area contributed by atoms with E-state index < -0.39 is 0 Å². The van der Waals surface area contributed by atoms with Crippen LogP contribution in [0.1, 0.15) is 41.8 Å². The van der Waals surface area contributed by atoms with Crippen LogP contribution >= 0.6 is 0 Å². The predicted octanol–water partition coefficient (Wildman–Crippen LogP) is 3.20. The lowest BCUT2D eigenvalue weighted by atomic mass is 10.0. The number of aryl methyl sites for hydroxylation is 1. The zero-order chi connectivity index (χ0) is 13.6. The molecule has 19 heavy (non-hydrogen) atoms. The van der Waals surface area contributed by atoms with Crippen LogP contribution in [0.3, 0.4) is 0 Å². The summed E-state index contributed by atoms with van der Waals surface area (Å²) < 4.78 is 2.19. The highest BCUT2D eigenvalue weighted by Gasteiger charge is 2.20. The summed E-state index contributed by atoms with van der Waals surface area (Å²) in [6, 6.07) is 4.49. The number of carbonyl (C=O) groups excluding carboxylic acids is 1. The Morgan fingerprint density at radius 2 is 1.89 bits per heavy atom. The average molecular weight is 256 g/mol. The molecule has 0 fully saturated rings. The Kier molecular flexibility index (Phi) is 2.94. The van der Waals surface area contributed by atoms with E-state index in [2.05, 4.69) is 35.6 Å². The molecule has 0 amide bonds. The van der Waals surface area contributed by atoms with Gasteiger partial charge in [0.1, 0.15) is 0 Å². The maximum absolute atomic E-state index is 12.1. The quantitative estimate of drug-likeness (QED) is 0.788. The summed E-state index contributed by atoms with van der Waals surface area (Å²) in [6.45, 7) is 6.96. The second kappa shape index (κ2) is 4.49. The molecule has 0 N–H and O–H groups in total. The molecule has 0 saturated heterocycles. The average Bonchev–Trinajstić information content (AvgIpc) is 2.93. The van der Waals surface area contributed by atoms with Gasteiger partial charge in [0, 0.05) is 48.7 Å². The van der Waals surface area contributed by atoms with Gasteiger partial charge in [0.15, 0.2) is 5.78 Å². The largest absolute Gasteiger partial charge is 0.347 e. The first-order valence-electron chi connectivity index (χ1n) is 7.00. The molecule has 0 bridgehead atoms. The third kappa shape index (κ3) is 1.89. The molecule has 0 spiro atoms. The van der Waals surface area contributed by atoms with Crippen LogP contribution in [-0.4, -0.2) is 22.3 Å². The van der Waals surface area contributed by atoms with Crippen LogP contribution in [-0.2, 0) is 19.6 Å². The first-order valence-corrected chi connectivity index (χ1v) is 7.00. The lowest BCUT2D eigenvalue weighted by Crippen LogP contribution is -2.07. The highest BCUT2D eigenvalue weighted by Crippen LogP contribution is 2.30. The Morgan fingerprint density at radius 3 is 2.53 bits per heavy atom. The summed E-state index contributed by atoms with van der Waals surface area (Å²) in [5, 5.41) is 1.13. The molecule has 1 aromatic heterocycles. The SMILES string of the molecule is CCC(=O)c1cn(CC)c2cc3c(cc12)CN(C)C3. The summed E-state index contributed by atoms with van der Waals surface area (Å²) in [7, 11) is 2.14. The Hall–Kier alpha value is -1.61. The molecular weight excluding hydrogens is 236 g/mol. The van der Waals surface area contributed by atoms with Crippen molar-refractivity contribution in [3.63, 3.8) is 0 Å². The third-order valence-corrected chi connectivity index (χ3v) is 4.05. The molecule has 0 saturated carbocycles. The molecule has 2 heterocycles. The summed E-state index contributed by atoms with van der Waals surface area (Å²) in [5.41, 5.74) is 4.86. The van der Waals surface area contributed by atoms with Crippen molar-refractivity contribution in [2.24, 2.45) is 0 Å². The number of rotatable bonds is 3. The van der Waals surface area contributed by atoms with Crippen molar-refractivity contribution in [2.75, 3.05) is 7.05 Å². The highest BCUT2D eigenvalue weighted by atomic mass is 16.1. The fourth-order valence-corrected chi connectivity index (χ4v) is 3.03. The minimum atomic E-state index is 0.239. The number of aromatic nitrogens is 1. The normalized spacial score (nSPS) is 15.1. The van der Waals surface area contributed by atoms with Crippen LogP contribution in [0.25, 0.3) is 10.9 Å². The van der Waals surface area contributed by atoms with Crippen molar-refractivity contribution in [1.29, 1.82) is 0 Å². The zero-order valence-electron chi connectivity index (χ0n) is 11.9. The molecule has 3 nitrogen and oxygen atoms in total. The van der Waals surface area contributed by atoms with Gasteiger partial charge in [-0.1, -0.05) is 6.92 Å². The number of hydrogen-bond acceptors (Lipinski definition) is 2. The monoisotopic (exact) mass is 256 g/mol. The van der Waals surface area contributed by atoms with Crippen LogP contribution in [0, 0.1) is 0 Å². The highest BCUT2D eigenvalue weighted by molar-refractivity contribution is 6.08.